The lowest BCUT2D eigenvalue weighted by molar-refractivity contribution is -0.0383. The Morgan fingerprint density at radius 3 is 2.91 bits per heavy atom. The summed E-state index contributed by atoms with van der Waals surface area (Å²) in [4.78, 5) is 14.8. The number of hydrogen-bond donors (Lipinski definition) is 1. The maximum Gasteiger partial charge on any atom is 0.254 e. The van der Waals surface area contributed by atoms with E-state index in [1.165, 1.54) is 0 Å². The van der Waals surface area contributed by atoms with Gasteiger partial charge in [-0.05, 0) is 43.5 Å². The zero-order valence-corrected chi connectivity index (χ0v) is 13.6. The summed E-state index contributed by atoms with van der Waals surface area (Å²) in [6, 6.07) is 5.32. The lowest BCUT2D eigenvalue weighted by Gasteiger charge is -2.40. The summed E-state index contributed by atoms with van der Waals surface area (Å²) in [6.07, 6.45) is 2.47. The van der Waals surface area contributed by atoms with Crippen LogP contribution in [0, 0.1) is 12.8 Å². The molecule has 5 heteroatoms. The van der Waals surface area contributed by atoms with Gasteiger partial charge in [-0.1, -0.05) is 18.0 Å². The Balaban J connectivity index is 1.85. The van der Waals surface area contributed by atoms with Crippen LogP contribution < -0.4 is 0 Å². The fourth-order valence-electron chi connectivity index (χ4n) is 3.67. The smallest absolute Gasteiger partial charge is 0.254 e. The number of hydrogen-bond acceptors (Lipinski definition) is 3. The summed E-state index contributed by atoms with van der Waals surface area (Å²) in [5, 5.41) is 10.8. The fourth-order valence-corrected chi connectivity index (χ4v) is 3.90. The second-order valence-electron chi connectivity index (χ2n) is 6.26. The van der Waals surface area contributed by atoms with Gasteiger partial charge in [0.2, 0.25) is 0 Å². The lowest BCUT2D eigenvalue weighted by atomic mass is 9.93. The molecule has 4 nitrogen and oxygen atoms in total. The number of ether oxygens (including phenoxy) is 1. The molecule has 1 heterocycles. The van der Waals surface area contributed by atoms with Crippen molar-refractivity contribution in [3.63, 3.8) is 0 Å². The monoisotopic (exact) mass is 323 g/mol. The average Bonchev–Trinajstić information content (AvgIpc) is 2.93. The number of aryl methyl sites for hydroxylation is 1. The van der Waals surface area contributed by atoms with Crippen LogP contribution in [0.15, 0.2) is 18.2 Å². The van der Waals surface area contributed by atoms with Crippen molar-refractivity contribution in [3.05, 3.63) is 34.3 Å². The van der Waals surface area contributed by atoms with Crippen LogP contribution in [0.1, 0.15) is 35.2 Å². The van der Waals surface area contributed by atoms with E-state index in [1.807, 2.05) is 17.9 Å². The highest BCUT2D eigenvalue weighted by molar-refractivity contribution is 6.30. The molecule has 1 saturated heterocycles. The standard InChI is InChI=1S/C17H22ClNO3/c1-11-9-12(18)5-6-13(11)17(21)19-7-8-22-10-15(19)14-3-2-4-16(14)20/h5-6,9,14-16,20H,2-4,7-8,10H2,1H3/t14-,15+,16-/m0/s1. The largest absolute Gasteiger partial charge is 0.393 e. The van der Waals surface area contributed by atoms with Crippen molar-refractivity contribution in [2.45, 2.75) is 38.3 Å². The molecule has 1 N–H and O–H groups in total. The van der Waals surface area contributed by atoms with Crippen molar-refractivity contribution in [2.24, 2.45) is 5.92 Å². The van der Waals surface area contributed by atoms with Gasteiger partial charge in [-0.25, -0.2) is 0 Å². The molecular weight excluding hydrogens is 302 g/mol. The Labute approximate surface area is 136 Å². The molecule has 0 unspecified atom stereocenters. The van der Waals surface area contributed by atoms with Crippen LogP contribution in [0.4, 0.5) is 0 Å². The molecule has 1 aliphatic carbocycles. The Kier molecular flexibility index (Phi) is 4.71. The first-order valence-corrected chi connectivity index (χ1v) is 8.28. The normalized spacial score (nSPS) is 28.9. The van der Waals surface area contributed by atoms with Crippen LogP contribution in [0.5, 0.6) is 0 Å². The van der Waals surface area contributed by atoms with Crippen LogP contribution in [0.25, 0.3) is 0 Å². The number of aliphatic hydroxyl groups excluding tert-OH is 1. The van der Waals surface area contributed by atoms with Gasteiger partial charge in [0.05, 0.1) is 25.4 Å². The quantitative estimate of drug-likeness (QED) is 0.910. The van der Waals surface area contributed by atoms with Gasteiger partial charge >= 0.3 is 0 Å². The molecule has 0 radical (unpaired) electrons. The molecule has 1 aromatic rings. The molecule has 22 heavy (non-hydrogen) atoms. The Morgan fingerprint density at radius 1 is 1.41 bits per heavy atom. The average molecular weight is 324 g/mol. The van der Waals surface area contributed by atoms with Crippen LogP contribution >= 0.6 is 11.6 Å². The molecule has 3 atom stereocenters. The SMILES string of the molecule is Cc1cc(Cl)ccc1C(=O)N1CCOC[C@@H]1[C@@H]1CCC[C@@H]1O. The summed E-state index contributed by atoms with van der Waals surface area (Å²) < 4.78 is 5.58. The maximum absolute atomic E-state index is 13.0. The predicted molar refractivity (Wildman–Crippen MR) is 85.2 cm³/mol. The van der Waals surface area contributed by atoms with Gasteiger partial charge in [-0.2, -0.15) is 0 Å². The minimum atomic E-state index is -0.326. The highest BCUT2D eigenvalue weighted by Crippen LogP contribution is 2.33. The van der Waals surface area contributed by atoms with Gasteiger partial charge in [0.25, 0.3) is 5.91 Å². The minimum Gasteiger partial charge on any atom is -0.393 e. The zero-order valence-electron chi connectivity index (χ0n) is 12.8. The van der Waals surface area contributed by atoms with Gasteiger partial charge in [0, 0.05) is 23.0 Å². The Morgan fingerprint density at radius 2 is 2.23 bits per heavy atom. The predicted octanol–water partition coefficient (Wildman–Crippen LogP) is 2.65. The van der Waals surface area contributed by atoms with Crippen molar-refractivity contribution in [1.29, 1.82) is 0 Å². The van der Waals surface area contributed by atoms with Crippen LogP contribution in [0.2, 0.25) is 5.02 Å². The van der Waals surface area contributed by atoms with E-state index in [4.69, 9.17) is 16.3 Å². The third kappa shape index (κ3) is 3.00. The van der Waals surface area contributed by atoms with Crippen LogP contribution in [-0.2, 0) is 4.74 Å². The molecule has 0 spiro atoms. The van der Waals surface area contributed by atoms with E-state index in [-0.39, 0.29) is 24.0 Å². The second-order valence-corrected chi connectivity index (χ2v) is 6.70. The summed E-state index contributed by atoms with van der Waals surface area (Å²) in [5.41, 5.74) is 1.57. The number of aliphatic hydroxyl groups is 1. The highest BCUT2D eigenvalue weighted by atomic mass is 35.5. The van der Waals surface area contributed by atoms with E-state index in [0.29, 0.717) is 30.3 Å². The van der Waals surface area contributed by atoms with E-state index in [9.17, 15) is 9.90 Å². The number of amides is 1. The van der Waals surface area contributed by atoms with Gasteiger partial charge < -0.3 is 14.7 Å². The first-order valence-electron chi connectivity index (χ1n) is 7.91. The molecule has 1 aromatic carbocycles. The van der Waals surface area contributed by atoms with Crippen molar-refractivity contribution in [1.82, 2.24) is 4.90 Å². The molecule has 2 fully saturated rings. The van der Waals surface area contributed by atoms with Crippen molar-refractivity contribution in [2.75, 3.05) is 19.8 Å². The molecule has 2 aliphatic rings. The second kappa shape index (κ2) is 6.57. The number of benzene rings is 1. The molecule has 0 aromatic heterocycles. The maximum atomic E-state index is 13.0. The molecule has 1 aliphatic heterocycles. The van der Waals surface area contributed by atoms with Crippen molar-refractivity contribution < 1.29 is 14.6 Å². The zero-order chi connectivity index (χ0) is 15.7. The summed E-state index contributed by atoms with van der Waals surface area (Å²) >= 11 is 5.98. The van der Waals surface area contributed by atoms with E-state index >= 15 is 0 Å². The fraction of sp³-hybridized carbons (Fsp3) is 0.588. The first kappa shape index (κ1) is 15.8. The third-order valence-electron chi connectivity index (χ3n) is 4.87. The van der Waals surface area contributed by atoms with Gasteiger partial charge in [0.1, 0.15) is 0 Å². The van der Waals surface area contributed by atoms with Gasteiger partial charge in [-0.3, -0.25) is 4.79 Å². The third-order valence-corrected chi connectivity index (χ3v) is 5.11. The van der Waals surface area contributed by atoms with Gasteiger partial charge in [-0.15, -0.1) is 0 Å². The molecule has 1 saturated carbocycles. The lowest BCUT2D eigenvalue weighted by Crippen LogP contribution is -2.53. The Hall–Kier alpha value is -1.10. The van der Waals surface area contributed by atoms with Crippen LogP contribution in [0.3, 0.4) is 0 Å². The topological polar surface area (TPSA) is 49.8 Å². The highest BCUT2D eigenvalue weighted by Gasteiger charge is 2.39. The number of halogens is 1. The minimum absolute atomic E-state index is 0.0153. The first-order chi connectivity index (χ1) is 10.6. The Bertz CT molecular complexity index is 563. The molecular formula is C17H22ClNO3. The van der Waals surface area contributed by atoms with E-state index in [1.54, 1.807) is 12.1 Å². The molecule has 1 amide bonds. The van der Waals surface area contributed by atoms with E-state index in [2.05, 4.69) is 0 Å². The summed E-state index contributed by atoms with van der Waals surface area (Å²) in [7, 11) is 0. The van der Waals surface area contributed by atoms with E-state index in [0.717, 1.165) is 24.8 Å². The van der Waals surface area contributed by atoms with Gasteiger partial charge in [0.15, 0.2) is 0 Å². The van der Waals surface area contributed by atoms with E-state index < -0.39 is 0 Å². The van der Waals surface area contributed by atoms with Crippen LogP contribution in [-0.4, -0.2) is 47.8 Å². The summed E-state index contributed by atoms with van der Waals surface area (Å²) in [5.74, 6) is 0.137. The number of morpholine rings is 1. The van der Waals surface area contributed by atoms with Crippen molar-refractivity contribution >= 4 is 17.5 Å². The number of carbonyl (C=O) groups is 1. The number of nitrogens with zero attached hydrogens (tertiary/aromatic N) is 1. The number of carbonyl (C=O) groups excluding carboxylic acids is 1. The molecule has 0 bridgehead atoms. The molecule has 3 rings (SSSR count). The molecule has 120 valence electrons. The van der Waals surface area contributed by atoms with Crippen molar-refractivity contribution in [3.8, 4) is 0 Å². The number of rotatable bonds is 2. The summed E-state index contributed by atoms with van der Waals surface area (Å²) in [6.45, 7) is 3.55.